The molecule has 0 aliphatic carbocycles. The maximum atomic E-state index is 10.4. The molecule has 7 heavy (non-hydrogen) atoms. The molecule has 0 aliphatic heterocycles. The van der Waals surface area contributed by atoms with E-state index in [4.69, 9.17) is 0 Å². The molecule has 36 valence electrons. The van der Waals surface area contributed by atoms with E-state index in [0.29, 0.717) is 0 Å². The summed E-state index contributed by atoms with van der Waals surface area (Å²) in [5.41, 5.74) is 1.59. The molecule has 0 aromatic heterocycles. The molecular weight excluding hydrogens is 96.0 g/mol. The van der Waals surface area contributed by atoms with E-state index in [9.17, 15) is 9.28 Å². The van der Waals surface area contributed by atoms with E-state index in [0.717, 1.165) is 6.92 Å². The molecule has 0 bridgehead atoms. The van der Waals surface area contributed by atoms with Crippen molar-refractivity contribution in [3.63, 3.8) is 0 Å². The van der Waals surface area contributed by atoms with E-state index < -0.39 is 5.97 Å². The second-order valence-corrected chi connectivity index (χ2v) is 0.652. The van der Waals surface area contributed by atoms with Gasteiger partial charge in [0.2, 0.25) is 0 Å². The molecule has 0 aliphatic rings. The second-order valence-electron chi connectivity index (χ2n) is 0.652. The summed E-state index contributed by atoms with van der Waals surface area (Å²) in [4.78, 5) is 12.8. The zero-order chi connectivity index (χ0) is 4.99. The van der Waals surface area contributed by atoms with Crippen molar-refractivity contribution in [3.8, 4) is 0 Å². The summed E-state index contributed by atoms with van der Waals surface area (Å²) >= 11 is 0. The van der Waals surface area contributed by atoms with Gasteiger partial charge in [-0.1, -0.05) is 0 Å². The first kappa shape index (κ1) is 10.0. The first-order valence-corrected chi connectivity index (χ1v) is 1.26. The first-order valence-electron chi connectivity index (χ1n) is 1.26. The molecule has 0 saturated carbocycles. The minimum Gasteiger partial charge on any atom is -0.535 e. The third-order valence-electron chi connectivity index (χ3n) is 0.163. The topological polar surface area (TPSA) is 40.4 Å². The van der Waals surface area contributed by atoms with E-state index >= 15 is 0 Å². The summed E-state index contributed by atoms with van der Waals surface area (Å²) in [5.74, 6) is -0.752. The van der Waals surface area contributed by atoms with Gasteiger partial charge in [0, 0.05) is 6.92 Å². The van der Waals surface area contributed by atoms with Crippen LogP contribution in [0.2, 0.25) is 0 Å². The predicted molar refractivity (Wildman–Crippen MR) is 16.2 cm³/mol. The van der Waals surface area contributed by atoms with Gasteiger partial charge in [0.05, 0.1) is 0 Å². The van der Waals surface area contributed by atoms with Gasteiger partial charge in [-0.15, -0.1) is 0 Å². The van der Waals surface area contributed by atoms with Gasteiger partial charge < -0.3 is 15.0 Å². The van der Waals surface area contributed by atoms with Crippen LogP contribution in [0.3, 0.4) is 0 Å². The fourth-order valence-corrected chi connectivity index (χ4v) is 0.0486. The number of carbonyl (C=O) groups is 1. The van der Waals surface area contributed by atoms with Crippen LogP contribution < -0.4 is 18.9 Å². The molecule has 0 rings (SSSR count). The van der Waals surface area contributed by atoms with Gasteiger partial charge in [0.1, 0.15) is 0 Å². The van der Waals surface area contributed by atoms with E-state index in [1.54, 1.807) is 5.70 Å². The van der Waals surface area contributed by atoms with Crippen LogP contribution >= 0.6 is 0 Å². The zero-order valence-electron chi connectivity index (χ0n) is 4.14. The smallest absolute Gasteiger partial charge is 0.535 e. The van der Waals surface area contributed by atoms with Crippen molar-refractivity contribution < 1.29 is 33.0 Å². The number of hydrogen-bond acceptors (Lipinski definition) is 2. The summed E-state index contributed by atoms with van der Waals surface area (Å²) in [6.07, 6.45) is 0. The summed E-state index contributed by atoms with van der Waals surface area (Å²) in [7, 11) is 0. The number of halogens is 1. The van der Waals surface area contributed by atoms with Crippen molar-refractivity contribution in [1.29, 1.82) is 0 Å². The van der Waals surface area contributed by atoms with Crippen LogP contribution in [0.25, 0.3) is 5.70 Å². The van der Waals surface area contributed by atoms with Gasteiger partial charge in [-0.05, 0) is 0 Å². The van der Waals surface area contributed by atoms with Crippen LogP contribution in [0.5, 0.6) is 0 Å². The van der Waals surface area contributed by atoms with Crippen molar-refractivity contribution >= 4 is 5.97 Å². The van der Waals surface area contributed by atoms with E-state index in [2.05, 4.69) is 4.84 Å². The van der Waals surface area contributed by atoms with Crippen molar-refractivity contribution in [2.75, 3.05) is 0 Å². The average Bonchev–Trinajstić information content (AvgIpc) is 1.35. The molecule has 0 saturated heterocycles. The zero-order valence-corrected chi connectivity index (χ0v) is 4.14. The molecule has 5 heteroatoms. The van der Waals surface area contributed by atoms with Gasteiger partial charge in [0.15, 0.2) is 0 Å². The van der Waals surface area contributed by atoms with Crippen LogP contribution in [-0.4, -0.2) is 5.97 Å². The SMILES string of the molecule is CC(=O)O[N-]F.[Li+]. The predicted octanol–water partition coefficient (Wildman–Crippen LogP) is -2.27. The molecule has 0 fully saturated rings. The van der Waals surface area contributed by atoms with Crippen molar-refractivity contribution in [2.24, 2.45) is 0 Å². The van der Waals surface area contributed by atoms with Crippen molar-refractivity contribution in [3.05, 3.63) is 5.70 Å². The first-order chi connectivity index (χ1) is 2.77. The molecule has 0 amide bonds. The Kier molecular flexibility index (Phi) is 8.55. The Morgan fingerprint density at radius 2 is 2.29 bits per heavy atom. The van der Waals surface area contributed by atoms with Crippen molar-refractivity contribution in [2.45, 2.75) is 6.92 Å². The molecule has 0 N–H and O–H groups in total. The average molecular weight is 99.0 g/mol. The minimum atomic E-state index is -0.752. The minimum absolute atomic E-state index is 0. The molecule has 0 heterocycles. The molecule has 0 spiro atoms. The summed E-state index contributed by atoms with van der Waals surface area (Å²) in [6.45, 7) is 1.06. The van der Waals surface area contributed by atoms with Crippen molar-refractivity contribution in [1.82, 2.24) is 0 Å². The summed E-state index contributed by atoms with van der Waals surface area (Å²) < 4.78 is 10.4. The molecular formula is C2H3FLiNO2. The van der Waals surface area contributed by atoms with Gasteiger partial charge in [-0.3, -0.25) is 4.79 Å². The monoisotopic (exact) mass is 99.0 g/mol. The number of hydrogen-bond donors (Lipinski definition) is 0. The number of nitrogens with zero attached hydrogens (tertiary/aromatic N) is 1. The quantitative estimate of drug-likeness (QED) is 0.274. The van der Waals surface area contributed by atoms with Gasteiger partial charge in [-0.25, -0.2) is 0 Å². The number of carbonyl (C=O) groups excluding carboxylic acids is 1. The molecule has 0 aromatic carbocycles. The van der Waals surface area contributed by atoms with Crippen LogP contribution in [0.4, 0.5) is 4.48 Å². The van der Waals surface area contributed by atoms with Gasteiger partial charge in [0.25, 0.3) is 5.97 Å². The maximum Gasteiger partial charge on any atom is 1.00 e. The standard InChI is InChI=1S/C2H3FNO2.Li/c1-2(5)6-4-3;/h1H3;/q-1;+1. The maximum absolute atomic E-state index is 10.4. The van der Waals surface area contributed by atoms with Crippen LogP contribution in [-0.2, 0) is 9.63 Å². The third kappa shape index (κ3) is 10.7. The second kappa shape index (κ2) is 5.96. The van der Waals surface area contributed by atoms with Crippen LogP contribution in [0, 0.1) is 0 Å². The Morgan fingerprint density at radius 1 is 1.86 bits per heavy atom. The van der Waals surface area contributed by atoms with E-state index in [-0.39, 0.29) is 18.9 Å². The Morgan fingerprint density at radius 3 is 2.29 bits per heavy atom. The Balaban J connectivity index is 0. The largest absolute Gasteiger partial charge is 1.00 e. The molecule has 0 aromatic rings. The normalized spacial score (nSPS) is 6.57. The molecule has 0 atom stereocenters. The molecule has 3 nitrogen and oxygen atoms in total. The van der Waals surface area contributed by atoms with Crippen LogP contribution in [0.15, 0.2) is 0 Å². The van der Waals surface area contributed by atoms with Crippen LogP contribution in [0.1, 0.15) is 6.92 Å². The van der Waals surface area contributed by atoms with Gasteiger partial charge >= 0.3 is 18.9 Å². The van der Waals surface area contributed by atoms with Gasteiger partial charge in [-0.2, -0.15) is 0 Å². The van der Waals surface area contributed by atoms with E-state index in [1.165, 1.54) is 0 Å². The fraction of sp³-hybridized carbons (Fsp3) is 0.500. The summed E-state index contributed by atoms with van der Waals surface area (Å²) in [6, 6.07) is 0. The Bertz CT molecular complexity index is 59.7. The molecule has 0 unspecified atom stereocenters. The number of rotatable bonds is 1. The Hall–Kier alpha value is -0.0426. The third-order valence-corrected chi connectivity index (χ3v) is 0.163. The van der Waals surface area contributed by atoms with E-state index in [1.807, 2.05) is 0 Å². The molecule has 0 radical (unpaired) electrons. The fourth-order valence-electron chi connectivity index (χ4n) is 0.0486. The Labute approximate surface area is 52.3 Å². The summed E-state index contributed by atoms with van der Waals surface area (Å²) in [5, 5.41) is 0.